The van der Waals surface area contributed by atoms with Crippen molar-refractivity contribution in [2.24, 2.45) is 9.98 Å². The molecular formula is C25H23N3O2S. The highest BCUT2D eigenvalue weighted by atomic mass is 32.2. The van der Waals surface area contributed by atoms with E-state index in [0.717, 1.165) is 44.7 Å². The number of benzene rings is 3. The number of aryl methyl sites for hydroxylation is 1. The van der Waals surface area contributed by atoms with Crippen LogP contribution in [0.5, 0.6) is 5.75 Å². The van der Waals surface area contributed by atoms with Crippen LogP contribution >= 0.6 is 11.8 Å². The van der Waals surface area contributed by atoms with Crippen LogP contribution < -0.4 is 10.1 Å². The van der Waals surface area contributed by atoms with Gasteiger partial charge in [0.05, 0.1) is 35.0 Å². The Balaban J connectivity index is 1.51. The smallest absolute Gasteiger partial charge is 0.234 e. The van der Waals surface area contributed by atoms with Crippen molar-refractivity contribution >= 4 is 45.5 Å². The van der Waals surface area contributed by atoms with Gasteiger partial charge in [-0.2, -0.15) is 0 Å². The quantitative estimate of drug-likeness (QED) is 0.547. The fourth-order valence-corrected chi connectivity index (χ4v) is 3.94. The molecule has 3 aromatic rings. The lowest BCUT2D eigenvalue weighted by Gasteiger charge is -2.09. The maximum absolute atomic E-state index is 12.5. The van der Waals surface area contributed by atoms with Gasteiger partial charge in [0.2, 0.25) is 5.91 Å². The number of hydrogen-bond donors (Lipinski definition) is 1. The summed E-state index contributed by atoms with van der Waals surface area (Å²) in [6.07, 6.45) is 0.559. The predicted molar refractivity (Wildman–Crippen MR) is 130 cm³/mol. The highest BCUT2D eigenvalue weighted by molar-refractivity contribution is 8.14. The predicted octanol–water partition coefficient (Wildman–Crippen LogP) is 5.93. The van der Waals surface area contributed by atoms with E-state index in [2.05, 4.69) is 5.32 Å². The summed E-state index contributed by atoms with van der Waals surface area (Å²) in [5, 5.41) is 3.80. The van der Waals surface area contributed by atoms with Crippen molar-refractivity contribution < 1.29 is 9.53 Å². The molecule has 3 aromatic carbocycles. The van der Waals surface area contributed by atoms with E-state index in [4.69, 9.17) is 14.7 Å². The summed E-state index contributed by atoms with van der Waals surface area (Å²) in [5.74, 6) is 1.02. The van der Waals surface area contributed by atoms with Crippen molar-refractivity contribution in [1.82, 2.24) is 0 Å². The van der Waals surface area contributed by atoms with E-state index in [-0.39, 0.29) is 11.7 Å². The zero-order valence-electron chi connectivity index (χ0n) is 17.5. The molecule has 5 nitrogen and oxygen atoms in total. The molecule has 0 saturated heterocycles. The van der Waals surface area contributed by atoms with Gasteiger partial charge in [0.15, 0.2) is 0 Å². The van der Waals surface area contributed by atoms with Gasteiger partial charge in [-0.05, 0) is 61.0 Å². The second kappa shape index (κ2) is 9.62. The van der Waals surface area contributed by atoms with Crippen molar-refractivity contribution in [3.63, 3.8) is 0 Å². The number of carbonyl (C=O) groups is 1. The molecular weight excluding hydrogens is 406 g/mol. The van der Waals surface area contributed by atoms with Crippen LogP contribution in [0.25, 0.3) is 0 Å². The van der Waals surface area contributed by atoms with Gasteiger partial charge in [-0.25, -0.2) is 4.99 Å². The highest BCUT2D eigenvalue weighted by Gasteiger charge is 2.16. The number of para-hydroxylation sites is 2. The molecule has 0 aliphatic carbocycles. The molecule has 0 atom stereocenters. The summed E-state index contributed by atoms with van der Waals surface area (Å²) in [4.78, 5) is 22.1. The molecule has 1 aliphatic rings. The largest absolute Gasteiger partial charge is 0.497 e. The molecule has 1 N–H and O–H groups in total. The number of ether oxygens (including phenoxy) is 1. The number of thioether (sulfide) groups is 1. The summed E-state index contributed by atoms with van der Waals surface area (Å²) >= 11 is 1.44. The molecule has 1 heterocycles. The third-order valence-electron chi connectivity index (χ3n) is 4.83. The zero-order valence-corrected chi connectivity index (χ0v) is 18.3. The third-order valence-corrected chi connectivity index (χ3v) is 5.80. The second-order valence-corrected chi connectivity index (χ2v) is 8.21. The van der Waals surface area contributed by atoms with Gasteiger partial charge in [-0.1, -0.05) is 29.8 Å². The zero-order chi connectivity index (χ0) is 21.6. The van der Waals surface area contributed by atoms with Crippen LogP contribution in [0.1, 0.15) is 17.5 Å². The van der Waals surface area contributed by atoms with E-state index in [1.54, 1.807) is 7.11 Å². The fraction of sp³-hybridized carbons (Fsp3) is 0.160. The molecule has 0 fully saturated rings. The lowest BCUT2D eigenvalue weighted by atomic mass is 10.1. The number of rotatable bonds is 5. The molecule has 0 radical (unpaired) electrons. The Morgan fingerprint density at radius 1 is 0.968 bits per heavy atom. The van der Waals surface area contributed by atoms with Gasteiger partial charge in [0.25, 0.3) is 0 Å². The van der Waals surface area contributed by atoms with Gasteiger partial charge in [-0.3, -0.25) is 9.79 Å². The molecule has 1 amide bonds. The number of nitrogens with zero attached hydrogens (tertiary/aromatic N) is 2. The lowest BCUT2D eigenvalue weighted by Crippen LogP contribution is -2.16. The van der Waals surface area contributed by atoms with E-state index in [0.29, 0.717) is 6.42 Å². The second-order valence-electron chi connectivity index (χ2n) is 7.16. The molecule has 0 unspecified atom stereocenters. The fourth-order valence-electron chi connectivity index (χ4n) is 3.17. The van der Waals surface area contributed by atoms with Crippen LogP contribution in [0.2, 0.25) is 0 Å². The van der Waals surface area contributed by atoms with Crippen molar-refractivity contribution in [2.45, 2.75) is 13.3 Å². The first-order valence-electron chi connectivity index (χ1n) is 9.98. The molecule has 0 saturated carbocycles. The summed E-state index contributed by atoms with van der Waals surface area (Å²) < 4.78 is 5.27. The van der Waals surface area contributed by atoms with Crippen LogP contribution in [0.15, 0.2) is 82.8 Å². The minimum atomic E-state index is -0.0583. The Morgan fingerprint density at radius 3 is 2.32 bits per heavy atom. The normalized spacial score (nSPS) is 12.8. The average Bonchev–Trinajstić information content (AvgIpc) is 2.98. The Morgan fingerprint density at radius 2 is 1.65 bits per heavy atom. The number of methoxy groups -OCH3 is 1. The molecule has 0 bridgehead atoms. The Hall–Kier alpha value is -3.38. The van der Waals surface area contributed by atoms with E-state index >= 15 is 0 Å². The van der Waals surface area contributed by atoms with E-state index in [1.165, 1.54) is 11.8 Å². The summed E-state index contributed by atoms with van der Waals surface area (Å²) in [5.41, 5.74) is 5.52. The van der Waals surface area contributed by atoms with Gasteiger partial charge < -0.3 is 10.1 Å². The van der Waals surface area contributed by atoms with Crippen molar-refractivity contribution in [1.29, 1.82) is 0 Å². The highest BCUT2D eigenvalue weighted by Crippen LogP contribution is 2.33. The third kappa shape index (κ3) is 5.41. The summed E-state index contributed by atoms with van der Waals surface area (Å²) in [6, 6.07) is 23.4. The number of hydrogen-bond acceptors (Lipinski definition) is 5. The van der Waals surface area contributed by atoms with Crippen LogP contribution in [-0.4, -0.2) is 29.5 Å². The number of amides is 1. The Labute approximate surface area is 186 Å². The van der Waals surface area contributed by atoms with Crippen LogP contribution in [0, 0.1) is 6.92 Å². The first kappa shape index (κ1) is 20.9. The first-order chi connectivity index (χ1) is 15.1. The first-order valence-corrected chi connectivity index (χ1v) is 11.0. The molecule has 156 valence electrons. The number of anilines is 1. The standard InChI is InChI=1S/C25H23N3O2S/c1-17-7-11-19(12-8-17)26-24(29)16-31-25-15-23(18-9-13-20(30-2)14-10-18)27-21-5-3-4-6-22(21)28-25/h3-14H,15-16H2,1-2H3,(H,26,29). The maximum atomic E-state index is 12.5. The van der Waals surface area contributed by atoms with Gasteiger partial charge >= 0.3 is 0 Å². The minimum absolute atomic E-state index is 0.0583. The summed E-state index contributed by atoms with van der Waals surface area (Å²) in [7, 11) is 1.65. The number of fused-ring (bicyclic) bond motifs is 1. The maximum Gasteiger partial charge on any atom is 0.234 e. The van der Waals surface area contributed by atoms with Gasteiger partial charge in [0.1, 0.15) is 5.75 Å². The SMILES string of the molecule is COc1ccc(C2=Nc3ccccc3N=C(SCC(=O)Nc3ccc(C)cc3)C2)cc1. The van der Waals surface area contributed by atoms with Crippen LogP contribution in [0.4, 0.5) is 17.1 Å². The molecule has 1 aliphatic heterocycles. The van der Waals surface area contributed by atoms with Gasteiger partial charge in [0, 0.05) is 12.1 Å². The number of nitrogens with one attached hydrogen (secondary N) is 1. The monoisotopic (exact) mass is 429 g/mol. The summed E-state index contributed by atoms with van der Waals surface area (Å²) in [6.45, 7) is 2.02. The average molecular weight is 430 g/mol. The Bertz CT molecular complexity index is 1140. The topological polar surface area (TPSA) is 63.1 Å². The van der Waals surface area contributed by atoms with Crippen molar-refractivity contribution in [3.05, 3.63) is 83.9 Å². The molecule has 6 heteroatoms. The minimum Gasteiger partial charge on any atom is -0.497 e. The van der Waals surface area contributed by atoms with Crippen LogP contribution in [0.3, 0.4) is 0 Å². The van der Waals surface area contributed by atoms with Crippen molar-refractivity contribution in [2.75, 3.05) is 18.2 Å². The number of carbonyl (C=O) groups excluding carboxylic acids is 1. The van der Waals surface area contributed by atoms with Crippen LogP contribution in [-0.2, 0) is 4.79 Å². The molecule has 0 spiro atoms. The molecule has 4 rings (SSSR count). The molecule has 31 heavy (non-hydrogen) atoms. The molecule has 0 aromatic heterocycles. The lowest BCUT2D eigenvalue weighted by molar-refractivity contribution is -0.113. The van der Waals surface area contributed by atoms with Gasteiger partial charge in [-0.15, -0.1) is 11.8 Å². The number of aliphatic imine (C=N–C) groups is 2. The van der Waals surface area contributed by atoms with E-state index in [9.17, 15) is 4.79 Å². The van der Waals surface area contributed by atoms with Crippen molar-refractivity contribution in [3.8, 4) is 5.75 Å². The van der Waals surface area contributed by atoms with E-state index < -0.39 is 0 Å². The van der Waals surface area contributed by atoms with E-state index in [1.807, 2.05) is 79.7 Å². The Kier molecular flexibility index (Phi) is 6.48.